The summed E-state index contributed by atoms with van der Waals surface area (Å²) in [6.07, 6.45) is 0. The van der Waals surface area contributed by atoms with Crippen LogP contribution in [0.2, 0.25) is 10.0 Å². The Morgan fingerprint density at radius 3 is 2.63 bits per heavy atom. The third kappa shape index (κ3) is 4.36. The second-order valence-electron chi connectivity index (χ2n) is 6.28. The van der Waals surface area contributed by atoms with Gasteiger partial charge in [0.15, 0.2) is 10.8 Å². The molecule has 0 saturated heterocycles. The van der Waals surface area contributed by atoms with Gasteiger partial charge in [-0.1, -0.05) is 41.0 Å². The van der Waals surface area contributed by atoms with Gasteiger partial charge in [-0.05, 0) is 45.4 Å². The molecule has 142 valence electrons. The number of aromatic nitrogens is 4. The molecule has 3 aromatic rings. The number of rotatable bonds is 5. The van der Waals surface area contributed by atoms with Gasteiger partial charge in [0.25, 0.3) is 0 Å². The summed E-state index contributed by atoms with van der Waals surface area (Å²) in [5, 5.41) is 12.7. The largest absolute Gasteiger partial charge is 0.349 e. The van der Waals surface area contributed by atoms with Crippen molar-refractivity contribution in [2.24, 2.45) is 0 Å². The van der Waals surface area contributed by atoms with Crippen molar-refractivity contribution in [2.45, 2.75) is 44.1 Å². The van der Waals surface area contributed by atoms with Crippen molar-refractivity contribution in [2.75, 3.05) is 0 Å². The summed E-state index contributed by atoms with van der Waals surface area (Å²) >= 11 is 13.5. The molecule has 6 nitrogen and oxygen atoms in total. The number of halogens is 2. The molecule has 9 heteroatoms. The van der Waals surface area contributed by atoms with E-state index in [2.05, 4.69) is 20.5 Å². The van der Waals surface area contributed by atoms with Crippen LogP contribution < -0.4 is 5.32 Å². The van der Waals surface area contributed by atoms with Crippen LogP contribution in [0.15, 0.2) is 29.4 Å². The third-order valence-electron chi connectivity index (χ3n) is 4.10. The van der Waals surface area contributed by atoms with Gasteiger partial charge in [-0.15, -0.1) is 10.2 Å². The van der Waals surface area contributed by atoms with Crippen LogP contribution in [-0.2, 0) is 4.79 Å². The molecule has 1 aromatic carbocycles. The first-order chi connectivity index (χ1) is 12.8. The van der Waals surface area contributed by atoms with E-state index in [-0.39, 0.29) is 17.2 Å². The number of hydrogen-bond donors (Lipinski definition) is 1. The highest BCUT2D eigenvalue weighted by Crippen LogP contribution is 2.27. The summed E-state index contributed by atoms with van der Waals surface area (Å²) in [5.74, 6) is 0.666. The standard InChI is InChI=1S/C18H19Cl2N5OS/c1-9-7-16-23-24-18(25(16)12(4)21-9)27-11(3)17(26)22-10(2)14-6-5-13(19)8-15(14)20/h5-8,10-11H,1-4H3,(H,22,26). The zero-order chi connectivity index (χ0) is 19.7. The minimum atomic E-state index is -0.369. The SMILES string of the molecule is Cc1cc2nnc(SC(C)C(=O)NC(C)c3ccc(Cl)cc3Cl)n2c(C)n1. The van der Waals surface area contributed by atoms with Crippen molar-refractivity contribution in [1.82, 2.24) is 24.9 Å². The fourth-order valence-corrected chi connectivity index (χ4v) is 4.23. The molecule has 2 unspecified atom stereocenters. The van der Waals surface area contributed by atoms with Gasteiger partial charge >= 0.3 is 0 Å². The molecular weight excluding hydrogens is 405 g/mol. The van der Waals surface area contributed by atoms with Gasteiger partial charge in [0, 0.05) is 21.8 Å². The Morgan fingerprint density at radius 1 is 1.19 bits per heavy atom. The first kappa shape index (κ1) is 19.9. The predicted octanol–water partition coefficient (Wildman–Crippen LogP) is 4.41. The first-order valence-electron chi connectivity index (χ1n) is 8.37. The van der Waals surface area contributed by atoms with Gasteiger partial charge in [0.1, 0.15) is 5.82 Å². The number of benzene rings is 1. The molecule has 0 aliphatic heterocycles. The van der Waals surface area contributed by atoms with Gasteiger partial charge in [0.05, 0.1) is 11.3 Å². The molecule has 2 atom stereocenters. The van der Waals surface area contributed by atoms with Gasteiger partial charge in [-0.25, -0.2) is 4.98 Å². The zero-order valence-electron chi connectivity index (χ0n) is 15.3. The van der Waals surface area contributed by atoms with Crippen molar-refractivity contribution in [3.63, 3.8) is 0 Å². The van der Waals surface area contributed by atoms with E-state index in [9.17, 15) is 4.79 Å². The summed E-state index contributed by atoms with van der Waals surface area (Å²) < 4.78 is 1.85. The number of hydrogen-bond acceptors (Lipinski definition) is 5. The van der Waals surface area contributed by atoms with Crippen molar-refractivity contribution in [3.05, 3.63) is 51.4 Å². The van der Waals surface area contributed by atoms with E-state index >= 15 is 0 Å². The monoisotopic (exact) mass is 423 g/mol. The average Bonchev–Trinajstić information content (AvgIpc) is 2.97. The summed E-state index contributed by atoms with van der Waals surface area (Å²) in [6.45, 7) is 7.51. The Hall–Kier alpha value is -1.83. The van der Waals surface area contributed by atoms with E-state index in [0.29, 0.717) is 15.2 Å². The van der Waals surface area contributed by atoms with E-state index in [4.69, 9.17) is 23.2 Å². The average molecular weight is 424 g/mol. The van der Waals surface area contributed by atoms with Crippen molar-refractivity contribution < 1.29 is 4.79 Å². The van der Waals surface area contributed by atoms with Gasteiger partial charge in [-0.3, -0.25) is 9.20 Å². The molecule has 1 amide bonds. The van der Waals surface area contributed by atoms with Crippen LogP contribution in [0.1, 0.15) is 37.0 Å². The number of thioether (sulfide) groups is 1. The Morgan fingerprint density at radius 2 is 1.93 bits per heavy atom. The van der Waals surface area contributed by atoms with Gasteiger partial charge < -0.3 is 5.32 Å². The summed E-state index contributed by atoms with van der Waals surface area (Å²) in [7, 11) is 0. The lowest BCUT2D eigenvalue weighted by Crippen LogP contribution is -2.33. The van der Waals surface area contributed by atoms with E-state index in [1.54, 1.807) is 12.1 Å². The molecule has 27 heavy (non-hydrogen) atoms. The molecule has 2 heterocycles. The number of carbonyl (C=O) groups is 1. The van der Waals surface area contributed by atoms with Crippen LogP contribution in [0.25, 0.3) is 5.65 Å². The molecular formula is C18H19Cl2N5OS. The molecule has 0 spiro atoms. The van der Waals surface area contributed by atoms with Crippen LogP contribution in [0.5, 0.6) is 0 Å². The Bertz CT molecular complexity index is 1010. The molecule has 0 aliphatic rings. The van der Waals surface area contributed by atoms with E-state index in [0.717, 1.165) is 22.7 Å². The number of carbonyl (C=O) groups excluding carboxylic acids is 1. The van der Waals surface area contributed by atoms with Crippen LogP contribution in [0.4, 0.5) is 0 Å². The number of fused-ring (bicyclic) bond motifs is 1. The number of amides is 1. The predicted molar refractivity (Wildman–Crippen MR) is 109 cm³/mol. The highest BCUT2D eigenvalue weighted by Gasteiger charge is 2.21. The fourth-order valence-electron chi connectivity index (χ4n) is 2.75. The van der Waals surface area contributed by atoms with Crippen LogP contribution in [-0.4, -0.2) is 30.7 Å². The van der Waals surface area contributed by atoms with E-state index in [1.807, 2.05) is 44.2 Å². The minimum absolute atomic E-state index is 0.118. The molecule has 0 saturated carbocycles. The maximum atomic E-state index is 12.6. The minimum Gasteiger partial charge on any atom is -0.349 e. The molecule has 1 N–H and O–H groups in total. The fraction of sp³-hybridized carbons (Fsp3) is 0.333. The van der Waals surface area contributed by atoms with Crippen molar-refractivity contribution >= 4 is 46.5 Å². The second-order valence-corrected chi connectivity index (χ2v) is 8.43. The Labute approximate surface area is 171 Å². The van der Waals surface area contributed by atoms with Crippen molar-refractivity contribution in [1.29, 1.82) is 0 Å². The van der Waals surface area contributed by atoms with Gasteiger partial charge in [-0.2, -0.15) is 0 Å². The highest BCUT2D eigenvalue weighted by atomic mass is 35.5. The second kappa shape index (κ2) is 8.04. The van der Waals surface area contributed by atoms with E-state index < -0.39 is 0 Å². The molecule has 0 fully saturated rings. The van der Waals surface area contributed by atoms with Gasteiger partial charge in [0.2, 0.25) is 5.91 Å². The Balaban J connectivity index is 1.73. The molecule has 0 radical (unpaired) electrons. The lowest BCUT2D eigenvalue weighted by Gasteiger charge is -2.18. The smallest absolute Gasteiger partial charge is 0.233 e. The number of aryl methyl sites for hydroxylation is 2. The normalized spacial score (nSPS) is 13.6. The maximum absolute atomic E-state index is 12.6. The lowest BCUT2D eigenvalue weighted by atomic mass is 10.1. The van der Waals surface area contributed by atoms with Crippen LogP contribution in [0, 0.1) is 13.8 Å². The third-order valence-corrected chi connectivity index (χ3v) is 5.70. The maximum Gasteiger partial charge on any atom is 0.233 e. The zero-order valence-corrected chi connectivity index (χ0v) is 17.7. The number of nitrogens with one attached hydrogen (secondary N) is 1. The summed E-state index contributed by atoms with van der Waals surface area (Å²) in [4.78, 5) is 17.1. The topological polar surface area (TPSA) is 72.2 Å². The summed E-state index contributed by atoms with van der Waals surface area (Å²) in [6, 6.07) is 6.85. The first-order valence-corrected chi connectivity index (χ1v) is 10.0. The highest BCUT2D eigenvalue weighted by molar-refractivity contribution is 8.00. The molecule has 0 aliphatic carbocycles. The molecule has 3 rings (SSSR count). The lowest BCUT2D eigenvalue weighted by molar-refractivity contribution is -0.120. The molecule has 2 aromatic heterocycles. The Kier molecular flexibility index (Phi) is 5.93. The van der Waals surface area contributed by atoms with Crippen LogP contribution in [0.3, 0.4) is 0 Å². The quantitative estimate of drug-likeness (QED) is 0.615. The van der Waals surface area contributed by atoms with E-state index in [1.165, 1.54) is 11.8 Å². The molecule has 0 bridgehead atoms. The number of nitrogens with zero attached hydrogens (tertiary/aromatic N) is 4. The summed E-state index contributed by atoms with van der Waals surface area (Å²) in [5.41, 5.74) is 2.41. The van der Waals surface area contributed by atoms with Crippen LogP contribution >= 0.6 is 35.0 Å². The van der Waals surface area contributed by atoms with Crippen molar-refractivity contribution in [3.8, 4) is 0 Å².